The topological polar surface area (TPSA) is 58.9 Å². The summed E-state index contributed by atoms with van der Waals surface area (Å²) in [5.74, 6) is 0. The van der Waals surface area contributed by atoms with Crippen LogP contribution in [-0.2, 0) is 20.7 Å². The van der Waals surface area contributed by atoms with Crippen molar-refractivity contribution >= 4 is 0 Å². The fraction of sp³-hybridized carbons (Fsp3) is 0.200. The lowest BCUT2D eigenvalue weighted by Gasteiger charge is -2.51. The summed E-state index contributed by atoms with van der Waals surface area (Å²) in [5.41, 5.74) is 1.13. The van der Waals surface area contributed by atoms with E-state index < -0.39 is 11.2 Å². The van der Waals surface area contributed by atoms with Crippen LogP contribution in [0.25, 0.3) is 0 Å². The molecule has 0 heterocycles. The molecule has 4 rings (SSSR count). The van der Waals surface area contributed by atoms with E-state index in [0.717, 1.165) is 22.3 Å². The highest BCUT2D eigenvalue weighted by molar-refractivity contribution is 5.51. The highest BCUT2D eigenvalue weighted by Crippen LogP contribution is 2.54. The van der Waals surface area contributed by atoms with E-state index in [2.05, 4.69) is 0 Å². The van der Waals surface area contributed by atoms with E-state index in [-0.39, 0.29) is 26.4 Å². The molecule has 0 amide bonds. The molecule has 0 aliphatic heterocycles. The Morgan fingerprint density at radius 1 is 0.412 bits per heavy atom. The molecular weight excluding hydrogens is 424 g/mol. The molecule has 34 heavy (non-hydrogen) atoms. The third-order valence-corrected chi connectivity index (χ3v) is 6.04. The standard InChI is InChI=1S/C30H30O4/c31-21-23-33-29(25-13-5-1-6-14-25,26-15-7-2-8-16-26)30(34-24-22-32,27-17-9-3-10-18-27)28-19-11-4-12-20-28/h1-20,31-32H,21-24H2. The summed E-state index contributed by atoms with van der Waals surface area (Å²) in [4.78, 5) is 0. The number of hydrogen-bond donors (Lipinski definition) is 2. The zero-order valence-electron chi connectivity index (χ0n) is 19.1. The number of rotatable bonds is 11. The van der Waals surface area contributed by atoms with Gasteiger partial charge in [-0.05, 0) is 22.3 Å². The van der Waals surface area contributed by atoms with Gasteiger partial charge in [0.25, 0.3) is 0 Å². The predicted molar refractivity (Wildman–Crippen MR) is 133 cm³/mol. The van der Waals surface area contributed by atoms with Crippen LogP contribution in [0.3, 0.4) is 0 Å². The first-order valence-corrected chi connectivity index (χ1v) is 11.5. The molecule has 0 spiro atoms. The van der Waals surface area contributed by atoms with Crippen molar-refractivity contribution in [1.82, 2.24) is 0 Å². The zero-order valence-corrected chi connectivity index (χ0v) is 19.1. The maximum absolute atomic E-state index is 9.90. The molecule has 0 atom stereocenters. The number of ether oxygens (including phenoxy) is 2. The average Bonchev–Trinajstić information content (AvgIpc) is 2.93. The number of benzene rings is 4. The molecule has 0 unspecified atom stereocenters. The van der Waals surface area contributed by atoms with E-state index in [4.69, 9.17) is 9.47 Å². The summed E-state index contributed by atoms with van der Waals surface area (Å²) in [6.45, 7) is -0.121. The summed E-state index contributed by atoms with van der Waals surface area (Å²) < 4.78 is 13.5. The maximum Gasteiger partial charge on any atom is 0.155 e. The van der Waals surface area contributed by atoms with Crippen molar-refractivity contribution in [3.05, 3.63) is 144 Å². The highest BCUT2D eigenvalue weighted by atomic mass is 16.6. The summed E-state index contributed by atoms with van der Waals surface area (Å²) in [5, 5.41) is 19.8. The lowest BCUT2D eigenvalue weighted by atomic mass is 9.65. The molecule has 174 valence electrons. The lowest BCUT2D eigenvalue weighted by molar-refractivity contribution is -0.188. The zero-order chi connectivity index (χ0) is 23.7. The van der Waals surface area contributed by atoms with Gasteiger partial charge in [0, 0.05) is 0 Å². The molecule has 4 aromatic rings. The second-order valence-electron chi connectivity index (χ2n) is 7.97. The third-order valence-electron chi connectivity index (χ3n) is 6.04. The van der Waals surface area contributed by atoms with Gasteiger partial charge in [-0.3, -0.25) is 0 Å². The predicted octanol–water partition coefficient (Wildman–Crippen LogP) is 4.89. The second-order valence-corrected chi connectivity index (χ2v) is 7.97. The van der Waals surface area contributed by atoms with Crippen molar-refractivity contribution in [3.8, 4) is 0 Å². The van der Waals surface area contributed by atoms with Crippen molar-refractivity contribution in [1.29, 1.82) is 0 Å². The largest absolute Gasteiger partial charge is 0.394 e. The Bertz CT molecular complexity index is 944. The van der Waals surface area contributed by atoms with Gasteiger partial charge in [-0.15, -0.1) is 0 Å². The molecule has 0 radical (unpaired) electrons. The normalized spacial score (nSPS) is 11.9. The van der Waals surface area contributed by atoms with E-state index in [9.17, 15) is 10.2 Å². The minimum absolute atomic E-state index is 0.0910. The first kappa shape index (κ1) is 23.9. The first-order valence-electron chi connectivity index (χ1n) is 11.5. The summed E-state index contributed by atoms with van der Waals surface area (Å²) in [6, 6.07) is 39.8. The smallest absolute Gasteiger partial charge is 0.155 e. The van der Waals surface area contributed by atoms with Gasteiger partial charge in [-0.2, -0.15) is 0 Å². The highest BCUT2D eigenvalue weighted by Gasteiger charge is 2.58. The Hall–Kier alpha value is -3.28. The van der Waals surface area contributed by atoms with E-state index in [0.29, 0.717) is 0 Å². The van der Waals surface area contributed by atoms with Gasteiger partial charge < -0.3 is 19.7 Å². The quantitative estimate of drug-likeness (QED) is 0.339. The molecule has 4 aromatic carbocycles. The first-order chi connectivity index (χ1) is 16.8. The Balaban J connectivity index is 2.18. The summed E-state index contributed by atoms with van der Waals surface area (Å²) in [7, 11) is 0. The van der Waals surface area contributed by atoms with Gasteiger partial charge in [0.05, 0.1) is 26.4 Å². The maximum atomic E-state index is 9.90. The number of aliphatic hydroxyl groups is 2. The van der Waals surface area contributed by atoms with E-state index in [1.165, 1.54) is 0 Å². The Labute approximate surface area is 201 Å². The number of hydrogen-bond acceptors (Lipinski definition) is 4. The van der Waals surface area contributed by atoms with Gasteiger partial charge in [-0.1, -0.05) is 121 Å². The van der Waals surface area contributed by atoms with E-state index in [1.807, 2.05) is 121 Å². The van der Waals surface area contributed by atoms with Crippen LogP contribution in [0.5, 0.6) is 0 Å². The summed E-state index contributed by atoms with van der Waals surface area (Å²) in [6.07, 6.45) is 0. The van der Waals surface area contributed by atoms with Gasteiger partial charge in [0.15, 0.2) is 11.2 Å². The van der Waals surface area contributed by atoms with Crippen LogP contribution in [0.15, 0.2) is 121 Å². The Morgan fingerprint density at radius 2 is 0.647 bits per heavy atom. The van der Waals surface area contributed by atoms with Crippen LogP contribution in [-0.4, -0.2) is 36.6 Å². The van der Waals surface area contributed by atoms with E-state index >= 15 is 0 Å². The second kappa shape index (κ2) is 11.2. The van der Waals surface area contributed by atoms with Crippen LogP contribution in [0.4, 0.5) is 0 Å². The summed E-state index contributed by atoms with van der Waals surface area (Å²) >= 11 is 0. The molecule has 0 saturated heterocycles. The van der Waals surface area contributed by atoms with Gasteiger partial charge in [0.2, 0.25) is 0 Å². The molecule has 0 bridgehead atoms. The molecule has 0 saturated carbocycles. The monoisotopic (exact) mass is 454 g/mol. The van der Waals surface area contributed by atoms with Crippen molar-refractivity contribution in [2.75, 3.05) is 26.4 Å². The van der Waals surface area contributed by atoms with Crippen LogP contribution in [0.1, 0.15) is 22.3 Å². The van der Waals surface area contributed by atoms with Crippen molar-refractivity contribution in [2.45, 2.75) is 11.2 Å². The van der Waals surface area contributed by atoms with Gasteiger partial charge in [0.1, 0.15) is 0 Å². The van der Waals surface area contributed by atoms with Crippen molar-refractivity contribution in [2.24, 2.45) is 0 Å². The minimum atomic E-state index is -1.18. The van der Waals surface area contributed by atoms with Gasteiger partial charge >= 0.3 is 0 Å². The van der Waals surface area contributed by atoms with Crippen molar-refractivity contribution in [3.63, 3.8) is 0 Å². The molecule has 0 aliphatic carbocycles. The van der Waals surface area contributed by atoms with E-state index in [1.54, 1.807) is 0 Å². The minimum Gasteiger partial charge on any atom is -0.394 e. The SMILES string of the molecule is OCCOC(c1ccccc1)(c1ccccc1)C(OCCO)(c1ccccc1)c1ccccc1. The number of aliphatic hydroxyl groups excluding tert-OH is 2. The Kier molecular flexibility index (Phi) is 7.88. The molecule has 0 aliphatic rings. The third kappa shape index (κ3) is 4.29. The fourth-order valence-electron chi connectivity index (χ4n) is 4.77. The molecule has 0 fully saturated rings. The molecule has 2 N–H and O–H groups in total. The average molecular weight is 455 g/mol. The van der Waals surface area contributed by atoms with Crippen LogP contribution in [0, 0.1) is 0 Å². The van der Waals surface area contributed by atoms with Crippen LogP contribution < -0.4 is 0 Å². The van der Waals surface area contributed by atoms with Crippen LogP contribution in [0.2, 0.25) is 0 Å². The van der Waals surface area contributed by atoms with Crippen molar-refractivity contribution < 1.29 is 19.7 Å². The lowest BCUT2D eigenvalue weighted by Crippen LogP contribution is -2.55. The van der Waals surface area contributed by atoms with Gasteiger partial charge in [-0.25, -0.2) is 0 Å². The van der Waals surface area contributed by atoms with Crippen LogP contribution >= 0.6 is 0 Å². The molecule has 0 aromatic heterocycles. The molecular formula is C30H30O4. The molecule has 4 heteroatoms. The fourth-order valence-corrected chi connectivity index (χ4v) is 4.77. The molecule has 4 nitrogen and oxygen atoms in total. The Morgan fingerprint density at radius 3 is 0.853 bits per heavy atom.